The molecule has 39 heavy (non-hydrogen) atoms. The predicted octanol–water partition coefficient (Wildman–Crippen LogP) is 8.39. The van der Waals surface area contributed by atoms with E-state index in [1.54, 1.807) is 0 Å². The van der Waals surface area contributed by atoms with Crippen molar-refractivity contribution in [2.24, 2.45) is 11.8 Å². The number of quaternary nitrogens is 1. The van der Waals surface area contributed by atoms with E-state index in [0.717, 1.165) is 29.5 Å². The Morgan fingerprint density at radius 1 is 0.897 bits per heavy atom. The highest BCUT2D eigenvalue weighted by Gasteiger charge is 2.56. The molecule has 3 nitrogen and oxygen atoms in total. The van der Waals surface area contributed by atoms with Crippen molar-refractivity contribution in [3.63, 3.8) is 0 Å². The monoisotopic (exact) mass is 511 g/mol. The van der Waals surface area contributed by atoms with Gasteiger partial charge in [-0.25, -0.2) is 0 Å². The Kier molecular flexibility index (Phi) is 6.07. The molecule has 5 atom stereocenters. The van der Waals surface area contributed by atoms with Gasteiger partial charge in [-0.05, 0) is 52.6 Å². The maximum absolute atomic E-state index is 6.83. The summed E-state index contributed by atoms with van der Waals surface area (Å²) >= 11 is 0. The van der Waals surface area contributed by atoms with Crippen molar-refractivity contribution < 1.29 is 4.74 Å². The number of piperidine rings is 3. The summed E-state index contributed by atoms with van der Waals surface area (Å²) < 4.78 is 7.74. The molecule has 0 radical (unpaired) electrons. The first-order chi connectivity index (χ1) is 19.2. The summed E-state index contributed by atoms with van der Waals surface area (Å²) in [5, 5.41) is 6.49. The van der Waals surface area contributed by atoms with E-state index in [1.165, 1.54) is 44.6 Å². The smallest absolute Gasteiger partial charge is 0.149 e. The van der Waals surface area contributed by atoms with Crippen LogP contribution in [0.25, 0.3) is 32.4 Å². The largest absolute Gasteiger partial charge is 0.363 e. The number of nitrogens with zero attached hydrogens (tertiary/aromatic N) is 2. The van der Waals surface area contributed by atoms with E-state index in [-0.39, 0.29) is 12.1 Å². The van der Waals surface area contributed by atoms with Crippen molar-refractivity contribution in [2.75, 3.05) is 19.7 Å². The van der Waals surface area contributed by atoms with Crippen molar-refractivity contribution >= 4 is 38.1 Å². The zero-order valence-electron chi connectivity index (χ0n) is 22.4. The SMILES string of the molecule is C=CCO[C@H](c1ccnc2ccccc12)[C@@H]1C[C@@H]2CC[N@@+]1(c1c3ccccc3cc3ccccc13)C[C@@H]2C=C. The Morgan fingerprint density at radius 2 is 1.59 bits per heavy atom. The number of para-hydroxylation sites is 1. The van der Waals surface area contributed by atoms with Crippen molar-refractivity contribution in [3.8, 4) is 0 Å². The molecule has 1 aromatic heterocycles. The Bertz CT molecular complexity index is 1650. The number of ether oxygens (including phenoxy) is 1. The van der Waals surface area contributed by atoms with E-state index in [2.05, 4.69) is 109 Å². The third kappa shape index (κ3) is 3.83. The minimum atomic E-state index is -0.0813. The molecule has 3 fully saturated rings. The highest BCUT2D eigenvalue weighted by Crippen LogP contribution is 2.53. The number of pyridine rings is 1. The fourth-order valence-electron chi connectivity index (χ4n) is 7.77. The van der Waals surface area contributed by atoms with Gasteiger partial charge in [0.25, 0.3) is 0 Å². The molecule has 194 valence electrons. The molecule has 2 bridgehead atoms. The van der Waals surface area contributed by atoms with E-state index in [1.807, 2.05) is 12.3 Å². The second kappa shape index (κ2) is 9.75. The topological polar surface area (TPSA) is 22.1 Å². The number of hydrogen-bond acceptors (Lipinski definition) is 2. The van der Waals surface area contributed by atoms with Crippen LogP contribution in [-0.2, 0) is 4.74 Å². The number of benzene rings is 4. The van der Waals surface area contributed by atoms with Crippen LogP contribution in [0.4, 0.5) is 5.69 Å². The van der Waals surface area contributed by atoms with Gasteiger partial charge in [0.05, 0.1) is 25.2 Å². The fraction of sp³-hybridized carbons (Fsp3) is 0.250. The van der Waals surface area contributed by atoms with E-state index in [4.69, 9.17) is 4.74 Å². The van der Waals surface area contributed by atoms with Gasteiger partial charge >= 0.3 is 0 Å². The minimum Gasteiger partial charge on any atom is -0.363 e. The Hall–Kier alpha value is -3.79. The van der Waals surface area contributed by atoms with Gasteiger partial charge in [0.15, 0.2) is 0 Å². The van der Waals surface area contributed by atoms with Gasteiger partial charge < -0.3 is 4.74 Å². The minimum absolute atomic E-state index is 0.0813. The Morgan fingerprint density at radius 3 is 2.31 bits per heavy atom. The van der Waals surface area contributed by atoms with Crippen LogP contribution >= 0.6 is 0 Å². The Labute approximate surface area is 230 Å². The average molecular weight is 512 g/mol. The molecule has 0 unspecified atom stereocenters. The van der Waals surface area contributed by atoms with E-state index in [0.29, 0.717) is 18.4 Å². The van der Waals surface area contributed by atoms with Gasteiger partial charge in [-0.2, -0.15) is 0 Å². The second-order valence-corrected chi connectivity index (χ2v) is 11.3. The molecule has 3 aliphatic heterocycles. The van der Waals surface area contributed by atoms with Crippen LogP contribution in [0.1, 0.15) is 24.5 Å². The maximum Gasteiger partial charge on any atom is 0.149 e. The van der Waals surface area contributed by atoms with Crippen LogP contribution in [0.3, 0.4) is 0 Å². The molecular formula is C36H35N2O+. The maximum atomic E-state index is 6.83. The van der Waals surface area contributed by atoms with Gasteiger partial charge in [-0.3, -0.25) is 9.47 Å². The van der Waals surface area contributed by atoms with Crippen molar-refractivity contribution in [1.29, 1.82) is 0 Å². The molecule has 4 heterocycles. The quantitative estimate of drug-likeness (QED) is 0.124. The zero-order valence-corrected chi connectivity index (χ0v) is 22.4. The molecule has 3 aliphatic rings. The first-order valence-corrected chi connectivity index (χ1v) is 14.2. The van der Waals surface area contributed by atoms with Gasteiger partial charge in [0.1, 0.15) is 17.8 Å². The molecule has 8 rings (SSSR count). The third-order valence-electron chi connectivity index (χ3n) is 9.44. The highest BCUT2D eigenvalue weighted by molar-refractivity contribution is 6.10. The molecule has 3 saturated heterocycles. The number of rotatable bonds is 7. The van der Waals surface area contributed by atoms with Crippen molar-refractivity contribution in [2.45, 2.75) is 25.0 Å². The average Bonchev–Trinajstić information content (AvgIpc) is 3.00. The summed E-state index contributed by atoms with van der Waals surface area (Å²) in [6.07, 6.45) is 8.28. The number of hydrogen-bond donors (Lipinski definition) is 0. The lowest BCUT2D eigenvalue weighted by Gasteiger charge is -2.58. The molecule has 4 aromatic carbocycles. The van der Waals surface area contributed by atoms with Crippen LogP contribution in [0.15, 0.2) is 116 Å². The van der Waals surface area contributed by atoms with Crippen molar-refractivity contribution in [1.82, 2.24) is 9.47 Å². The highest BCUT2D eigenvalue weighted by atomic mass is 16.5. The van der Waals surface area contributed by atoms with Crippen LogP contribution in [0, 0.1) is 11.8 Å². The van der Waals surface area contributed by atoms with Crippen LogP contribution in [-0.4, -0.2) is 30.7 Å². The molecule has 0 aliphatic carbocycles. The normalized spacial score (nSPS) is 25.2. The van der Waals surface area contributed by atoms with Crippen LogP contribution < -0.4 is 4.48 Å². The third-order valence-corrected chi connectivity index (χ3v) is 9.44. The van der Waals surface area contributed by atoms with Crippen molar-refractivity contribution in [3.05, 3.63) is 122 Å². The fourth-order valence-corrected chi connectivity index (χ4v) is 7.77. The van der Waals surface area contributed by atoms with Gasteiger partial charge in [-0.15, -0.1) is 13.2 Å². The standard InChI is InChI=1S/C36H35N2O/c1-3-21-39-36(32-17-19-37-33-16-10-9-15-31(32)33)34-23-26-18-20-38(34,24-25(26)4-2)35-29-13-7-5-11-27(29)22-28-12-6-8-14-30(28)35/h3-17,19,22,25-26,34,36H,1-2,18,20-21,23-24H2/q+1/t25-,26-,34-,36+,38+/m0/s1. The van der Waals surface area contributed by atoms with Gasteiger partial charge in [0.2, 0.25) is 0 Å². The molecule has 0 spiro atoms. The lowest BCUT2D eigenvalue weighted by atomic mass is 9.70. The summed E-state index contributed by atoms with van der Waals surface area (Å²) in [4.78, 5) is 4.69. The van der Waals surface area contributed by atoms with Crippen LogP contribution in [0.2, 0.25) is 0 Å². The second-order valence-electron chi connectivity index (χ2n) is 11.3. The predicted molar refractivity (Wildman–Crippen MR) is 164 cm³/mol. The lowest BCUT2D eigenvalue weighted by Crippen LogP contribution is -2.69. The molecule has 5 aromatic rings. The first kappa shape index (κ1) is 24.3. The summed E-state index contributed by atoms with van der Waals surface area (Å²) in [6, 6.07) is 31.2. The number of fused-ring (bicyclic) bond motifs is 6. The molecular weight excluding hydrogens is 476 g/mol. The molecule has 0 amide bonds. The van der Waals surface area contributed by atoms with Crippen LogP contribution in [0.5, 0.6) is 0 Å². The summed E-state index contributed by atoms with van der Waals surface area (Å²) in [5.74, 6) is 1.11. The van der Waals surface area contributed by atoms with Gasteiger partial charge in [0, 0.05) is 41.1 Å². The number of aromatic nitrogens is 1. The Balaban J connectivity index is 1.52. The van der Waals surface area contributed by atoms with Gasteiger partial charge in [-0.1, -0.05) is 66.7 Å². The first-order valence-electron chi connectivity index (χ1n) is 14.2. The summed E-state index contributed by atoms with van der Waals surface area (Å²) in [5.41, 5.74) is 3.70. The molecule has 3 heteroatoms. The lowest BCUT2D eigenvalue weighted by molar-refractivity contribution is -0.0628. The molecule has 0 saturated carbocycles. The van der Waals surface area contributed by atoms with E-state index in [9.17, 15) is 0 Å². The molecule has 0 N–H and O–H groups in total. The summed E-state index contributed by atoms with van der Waals surface area (Å²) in [6.45, 7) is 11.0. The summed E-state index contributed by atoms with van der Waals surface area (Å²) in [7, 11) is 0. The zero-order chi connectivity index (χ0) is 26.4. The van der Waals surface area contributed by atoms with E-state index >= 15 is 0 Å². The van der Waals surface area contributed by atoms with E-state index < -0.39 is 0 Å².